The van der Waals surface area contributed by atoms with Crippen LogP contribution in [-0.2, 0) is 4.79 Å². The number of carbonyl (C=O) groups is 2. The van der Waals surface area contributed by atoms with Gasteiger partial charge < -0.3 is 10.6 Å². The van der Waals surface area contributed by atoms with Crippen LogP contribution >= 0.6 is 0 Å². The standard InChI is InChI=1S/C13H18N2O2/c1-3-12(16)14-8-9-15-13(17)11-6-4-10(2)5-7-11/h4-7H,3,8-9H2,1-2H3,(H,14,16)(H,15,17). The van der Waals surface area contributed by atoms with Gasteiger partial charge in [0, 0.05) is 25.1 Å². The normalized spacial score (nSPS) is 9.76. The fourth-order valence-electron chi connectivity index (χ4n) is 1.31. The van der Waals surface area contributed by atoms with Gasteiger partial charge in [0.1, 0.15) is 0 Å². The monoisotopic (exact) mass is 234 g/mol. The predicted octanol–water partition coefficient (Wildman–Crippen LogP) is 1.25. The van der Waals surface area contributed by atoms with Crippen molar-refractivity contribution in [2.45, 2.75) is 20.3 Å². The Kier molecular flexibility index (Phi) is 5.20. The molecule has 4 heteroatoms. The summed E-state index contributed by atoms with van der Waals surface area (Å²) < 4.78 is 0. The topological polar surface area (TPSA) is 58.2 Å². The Morgan fingerprint density at radius 2 is 1.65 bits per heavy atom. The van der Waals surface area contributed by atoms with Gasteiger partial charge in [-0.05, 0) is 19.1 Å². The lowest BCUT2D eigenvalue weighted by Crippen LogP contribution is -2.34. The molecule has 0 aromatic heterocycles. The highest BCUT2D eigenvalue weighted by atomic mass is 16.2. The summed E-state index contributed by atoms with van der Waals surface area (Å²) in [5, 5.41) is 5.44. The number of amides is 2. The second-order valence-electron chi connectivity index (χ2n) is 3.83. The molecule has 0 fully saturated rings. The van der Waals surface area contributed by atoms with Crippen molar-refractivity contribution in [3.05, 3.63) is 35.4 Å². The van der Waals surface area contributed by atoms with Gasteiger partial charge >= 0.3 is 0 Å². The molecule has 1 aromatic rings. The molecule has 92 valence electrons. The molecule has 0 radical (unpaired) electrons. The van der Waals surface area contributed by atoms with E-state index >= 15 is 0 Å². The summed E-state index contributed by atoms with van der Waals surface area (Å²) in [6, 6.07) is 7.37. The molecule has 2 amide bonds. The Balaban J connectivity index is 2.30. The van der Waals surface area contributed by atoms with Crippen LogP contribution in [0.25, 0.3) is 0 Å². The van der Waals surface area contributed by atoms with E-state index in [4.69, 9.17) is 0 Å². The van der Waals surface area contributed by atoms with Gasteiger partial charge in [-0.1, -0.05) is 24.6 Å². The minimum Gasteiger partial charge on any atom is -0.354 e. The van der Waals surface area contributed by atoms with E-state index in [1.54, 1.807) is 19.1 Å². The lowest BCUT2D eigenvalue weighted by atomic mass is 10.1. The molecule has 0 aliphatic heterocycles. The van der Waals surface area contributed by atoms with Gasteiger partial charge in [-0.15, -0.1) is 0 Å². The fourth-order valence-corrected chi connectivity index (χ4v) is 1.31. The second-order valence-corrected chi connectivity index (χ2v) is 3.83. The molecule has 1 rings (SSSR count). The van der Waals surface area contributed by atoms with Gasteiger partial charge in [-0.25, -0.2) is 0 Å². The molecule has 0 saturated heterocycles. The van der Waals surface area contributed by atoms with Gasteiger partial charge in [-0.3, -0.25) is 9.59 Å². The zero-order valence-corrected chi connectivity index (χ0v) is 10.2. The van der Waals surface area contributed by atoms with Crippen molar-refractivity contribution in [2.75, 3.05) is 13.1 Å². The number of benzene rings is 1. The number of hydrogen-bond acceptors (Lipinski definition) is 2. The highest BCUT2D eigenvalue weighted by Crippen LogP contribution is 2.02. The number of carbonyl (C=O) groups excluding carboxylic acids is 2. The van der Waals surface area contributed by atoms with Gasteiger partial charge in [0.25, 0.3) is 5.91 Å². The van der Waals surface area contributed by atoms with Crippen LogP contribution in [-0.4, -0.2) is 24.9 Å². The zero-order chi connectivity index (χ0) is 12.7. The zero-order valence-electron chi connectivity index (χ0n) is 10.2. The molecule has 0 unspecified atom stereocenters. The van der Waals surface area contributed by atoms with Crippen molar-refractivity contribution in [3.8, 4) is 0 Å². The smallest absolute Gasteiger partial charge is 0.251 e. The van der Waals surface area contributed by atoms with E-state index in [9.17, 15) is 9.59 Å². The molecule has 0 bridgehead atoms. The van der Waals surface area contributed by atoms with E-state index in [1.807, 2.05) is 19.1 Å². The largest absolute Gasteiger partial charge is 0.354 e. The van der Waals surface area contributed by atoms with Crippen molar-refractivity contribution in [2.24, 2.45) is 0 Å². The van der Waals surface area contributed by atoms with Crippen molar-refractivity contribution in [3.63, 3.8) is 0 Å². The molecule has 2 N–H and O–H groups in total. The minimum absolute atomic E-state index is 0.00501. The van der Waals surface area contributed by atoms with E-state index < -0.39 is 0 Å². The van der Waals surface area contributed by atoms with E-state index in [2.05, 4.69) is 10.6 Å². The first kappa shape index (κ1) is 13.2. The van der Waals surface area contributed by atoms with E-state index in [-0.39, 0.29) is 11.8 Å². The van der Waals surface area contributed by atoms with Crippen molar-refractivity contribution in [1.29, 1.82) is 0 Å². The molecule has 17 heavy (non-hydrogen) atoms. The first-order valence-electron chi connectivity index (χ1n) is 5.75. The van der Waals surface area contributed by atoms with E-state index in [1.165, 1.54) is 0 Å². The number of hydrogen-bond donors (Lipinski definition) is 2. The maximum atomic E-state index is 11.6. The third-order valence-electron chi connectivity index (χ3n) is 2.37. The van der Waals surface area contributed by atoms with Gasteiger partial charge in [0.15, 0.2) is 0 Å². The quantitative estimate of drug-likeness (QED) is 0.753. The third-order valence-corrected chi connectivity index (χ3v) is 2.37. The lowest BCUT2D eigenvalue weighted by molar-refractivity contribution is -0.120. The van der Waals surface area contributed by atoms with Crippen LogP contribution in [0.2, 0.25) is 0 Å². The van der Waals surface area contributed by atoms with Gasteiger partial charge in [0.05, 0.1) is 0 Å². The summed E-state index contributed by atoms with van der Waals surface area (Å²) in [6.07, 6.45) is 0.464. The van der Waals surface area contributed by atoms with Crippen molar-refractivity contribution < 1.29 is 9.59 Å². The van der Waals surface area contributed by atoms with Crippen molar-refractivity contribution >= 4 is 11.8 Å². The molecule has 0 spiro atoms. The van der Waals surface area contributed by atoms with Gasteiger partial charge in [-0.2, -0.15) is 0 Å². The number of aryl methyl sites for hydroxylation is 1. The molecule has 0 aliphatic carbocycles. The Labute approximate surface area is 101 Å². The highest BCUT2D eigenvalue weighted by Gasteiger charge is 2.03. The molecule has 0 heterocycles. The summed E-state index contributed by atoms with van der Waals surface area (Å²) in [4.78, 5) is 22.6. The summed E-state index contributed by atoms with van der Waals surface area (Å²) in [6.45, 7) is 4.67. The summed E-state index contributed by atoms with van der Waals surface area (Å²) in [7, 11) is 0. The molecular formula is C13H18N2O2. The average molecular weight is 234 g/mol. The molecule has 0 atom stereocenters. The number of rotatable bonds is 5. The van der Waals surface area contributed by atoms with Crippen LogP contribution in [0.15, 0.2) is 24.3 Å². The maximum absolute atomic E-state index is 11.6. The van der Waals surface area contributed by atoms with Crippen LogP contribution in [0.5, 0.6) is 0 Å². The van der Waals surface area contributed by atoms with Crippen LogP contribution in [0.3, 0.4) is 0 Å². The van der Waals surface area contributed by atoms with Crippen LogP contribution in [0, 0.1) is 6.92 Å². The number of nitrogens with one attached hydrogen (secondary N) is 2. The first-order valence-corrected chi connectivity index (χ1v) is 5.75. The van der Waals surface area contributed by atoms with E-state index in [0.717, 1.165) is 5.56 Å². The Morgan fingerprint density at radius 3 is 2.24 bits per heavy atom. The Morgan fingerprint density at radius 1 is 1.06 bits per heavy atom. The molecular weight excluding hydrogens is 216 g/mol. The summed E-state index contributed by atoms with van der Waals surface area (Å²) in [5.74, 6) is -0.120. The minimum atomic E-state index is -0.115. The summed E-state index contributed by atoms with van der Waals surface area (Å²) in [5.41, 5.74) is 1.76. The predicted molar refractivity (Wildman–Crippen MR) is 66.8 cm³/mol. The first-order chi connectivity index (χ1) is 8.13. The lowest BCUT2D eigenvalue weighted by Gasteiger charge is -2.06. The van der Waals surface area contributed by atoms with Crippen molar-refractivity contribution in [1.82, 2.24) is 10.6 Å². The molecule has 0 aliphatic rings. The average Bonchev–Trinajstić information content (AvgIpc) is 2.34. The Bertz CT molecular complexity index is 385. The molecule has 4 nitrogen and oxygen atoms in total. The Hall–Kier alpha value is -1.84. The van der Waals surface area contributed by atoms with Gasteiger partial charge in [0.2, 0.25) is 5.91 Å². The fraction of sp³-hybridized carbons (Fsp3) is 0.385. The van der Waals surface area contributed by atoms with Crippen LogP contribution in [0.1, 0.15) is 29.3 Å². The highest BCUT2D eigenvalue weighted by molar-refractivity contribution is 5.94. The maximum Gasteiger partial charge on any atom is 0.251 e. The third kappa shape index (κ3) is 4.68. The van der Waals surface area contributed by atoms with E-state index in [0.29, 0.717) is 25.1 Å². The van der Waals surface area contributed by atoms with Crippen LogP contribution < -0.4 is 10.6 Å². The SMILES string of the molecule is CCC(=O)NCCNC(=O)c1ccc(C)cc1. The van der Waals surface area contributed by atoms with Crippen LogP contribution in [0.4, 0.5) is 0 Å². The summed E-state index contributed by atoms with van der Waals surface area (Å²) >= 11 is 0. The molecule has 0 saturated carbocycles. The second kappa shape index (κ2) is 6.68. The molecule has 1 aromatic carbocycles.